The molecule has 1 fully saturated rings. The lowest BCUT2D eigenvalue weighted by Gasteiger charge is -2.07. The standard InChI is InChI=1S/C15H17N3S/c1-16-14-9-13(10-3-4-10)17-15(18-14)11-5-7-12(19-2)8-6-11/h5-10H,3-4H2,1-2H3,(H,16,17,18). The Balaban J connectivity index is 1.99. The van der Waals surface area contributed by atoms with Gasteiger partial charge in [0.15, 0.2) is 5.82 Å². The Morgan fingerprint density at radius 2 is 1.89 bits per heavy atom. The molecule has 1 aromatic carbocycles. The van der Waals surface area contributed by atoms with Crippen molar-refractivity contribution >= 4 is 17.6 Å². The van der Waals surface area contributed by atoms with Gasteiger partial charge in [0.2, 0.25) is 0 Å². The molecule has 4 heteroatoms. The average molecular weight is 271 g/mol. The highest BCUT2D eigenvalue weighted by molar-refractivity contribution is 7.98. The Bertz CT molecular complexity index is 576. The van der Waals surface area contributed by atoms with Crippen molar-refractivity contribution in [1.29, 1.82) is 0 Å². The number of benzene rings is 1. The van der Waals surface area contributed by atoms with Crippen LogP contribution < -0.4 is 5.32 Å². The van der Waals surface area contributed by atoms with Crippen LogP contribution in [0.3, 0.4) is 0 Å². The number of hydrogen-bond acceptors (Lipinski definition) is 4. The van der Waals surface area contributed by atoms with Gasteiger partial charge in [-0.25, -0.2) is 9.97 Å². The summed E-state index contributed by atoms with van der Waals surface area (Å²) in [7, 11) is 1.90. The van der Waals surface area contributed by atoms with Crippen molar-refractivity contribution < 1.29 is 0 Å². The van der Waals surface area contributed by atoms with Crippen LogP contribution in [0.25, 0.3) is 11.4 Å². The van der Waals surface area contributed by atoms with Crippen LogP contribution in [0.2, 0.25) is 0 Å². The lowest BCUT2D eigenvalue weighted by molar-refractivity contribution is 0.994. The van der Waals surface area contributed by atoms with Crippen molar-refractivity contribution in [2.24, 2.45) is 0 Å². The second-order valence-corrected chi connectivity index (χ2v) is 5.63. The van der Waals surface area contributed by atoms with Crippen LogP contribution in [0.4, 0.5) is 5.82 Å². The number of anilines is 1. The van der Waals surface area contributed by atoms with E-state index >= 15 is 0 Å². The molecule has 1 aromatic heterocycles. The minimum absolute atomic E-state index is 0.638. The number of hydrogen-bond donors (Lipinski definition) is 1. The minimum Gasteiger partial charge on any atom is -0.373 e. The average Bonchev–Trinajstić information content (AvgIpc) is 3.31. The van der Waals surface area contributed by atoms with Gasteiger partial charge < -0.3 is 5.32 Å². The van der Waals surface area contributed by atoms with Crippen molar-refractivity contribution in [2.75, 3.05) is 18.6 Å². The monoisotopic (exact) mass is 271 g/mol. The van der Waals surface area contributed by atoms with Gasteiger partial charge in [0, 0.05) is 35.2 Å². The Morgan fingerprint density at radius 3 is 2.47 bits per heavy atom. The van der Waals surface area contributed by atoms with E-state index in [0.29, 0.717) is 5.92 Å². The van der Waals surface area contributed by atoms with E-state index < -0.39 is 0 Å². The second-order valence-electron chi connectivity index (χ2n) is 4.75. The first-order valence-corrected chi connectivity index (χ1v) is 7.74. The van der Waals surface area contributed by atoms with E-state index in [4.69, 9.17) is 4.98 Å². The van der Waals surface area contributed by atoms with Crippen molar-refractivity contribution in [3.8, 4) is 11.4 Å². The van der Waals surface area contributed by atoms with E-state index in [1.54, 1.807) is 11.8 Å². The molecule has 1 saturated carbocycles. The Kier molecular flexibility index (Phi) is 3.42. The highest BCUT2D eigenvalue weighted by Crippen LogP contribution is 2.40. The Labute approximate surface area is 117 Å². The fourth-order valence-corrected chi connectivity index (χ4v) is 2.46. The minimum atomic E-state index is 0.638. The third-order valence-corrected chi connectivity index (χ3v) is 4.09. The molecule has 2 aromatic rings. The molecule has 1 aliphatic rings. The number of rotatable bonds is 4. The van der Waals surface area contributed by atoms with Crippen LogP contribution in [0.1, 0.15) is 24.5 Å². The molecule has 0 aliphatic heterocycles. The molecule has 0 spiro atoms. The first kappa shape index (κ1) is 12.5. The summed E-state index contributed by atoms with van der Waals surface area (Å²) in [5.74, 6) is 2.36. The van der Waals surface area contributed by atoms with E-state index in [9.17, 15) is 0 Å². The Morgan fingerprint density at radius 1 is 1.16 bits per heavy atom. The van der Waals surface area contributed by atoms with E-state index in [0.717, 1.165) is 17.2 Å². The molecule has 0 atom stereocenters. The molecule has 1 N–H and O–H groups in total. The van der Waals surface area contributed by atoms with E-state index in [1.165, 1.54) is 23.4 Å². The zero-order valence-electron chi connectivity index (χ0n) is 11.2. The topological polar surface area (TPSA) is 37.8 Å². The fourth-order valence-electron chi connectivity index (χ4n) is 2.05. The summed E-state index contributed by atoms with van der Waals surface area (Å²) in [6.45, 7) is 0. The predicted octanol–water partition coefficient (Wildman–Crippen LogP) is 3.78. The first-order valence-electron chi connectivity index (χ1n) is 6.51. The molecule has 1 heterocycles. The highest BCUT2D eigenvalue weighted by atomic mass is 32.2. The maximum atomic E-state index is 4.71. The summed E-state index contributed by atoms with van der Waals surface area (Å²) in [6.07, 6.45) is 4.59. The SMILES string of the molecule is CNc1cc(C2CC2)nc(-c2ccc(SC)cc2)n1. The number of nitrogens with zero attached hydrogens (tertiary/aromatic N) is 2. The van der Waals surface area contributed by atoms with Crippen LogP contribution in [-0.4, -0.2) is 23.3 Å². The summed E-state index contributed by atoms with van der Waals surface area (Å²) >= 11 is 1.75. The lowest BCUT2D eigenvalue weighted by atomic mass is 10.2. The van der Waals surface area contributed by atoms with Gasteiger partial charge >= 0.3 is 0 Å². The molecule has 0 radical (unpaired) electrons. The quantitative estimate of drug-likeness (QED) is 0.859. The third-order valence-electron chi connectivity index (χ3n) is 3.35. The van der Waals surface area contributed by atoms with Gasteiger partial charge in [-0.15, -0.1) is 11.8 Å². The first-order chi connectivity index (χ1) is 9.30. The van der Waals surface area contributed by atoms with Gasteiger partial charge in [-0.3, -0.25) is 0 Å². The van der Waals surface area contributed by atoms with Crippen molar-refractivity contribution in [3.63, 3.8) is 0 Å². The van der Waals surface area contributed by atoms with Crippen molar-refractivity contribution in [1.82, 2.24) is 9.97 Å². The van der Waals surface area contributed by atoms with Crippen molar-refractivity contribution in [2.45, 2.75) is 23.7 Å². The molecule has 3 rings (SSSR count). The van der Waals surface area contributed by atoms with Crippen LogP contribution in [0.15, 0.2) is 35.2 Å². The molecule has 0 unspecified atom stereocenters. The summed E-state index contributed by atoms with van der Waals surface area (Å²) in [6, 6.07) is 10.5. The molecule has 3 nitrogen and oxygen atoms in total. The van der Waals surface area contributed by atoms with Crippen LogP contribution in [0.5, 0.6) is 0 Å². The molecule has 1 aliphatic carbocycles. The van der Waals surface area contributed by atoms with E-state index in [2.05, 4.69) is 46.9 Å². The van der Waals surface area contributed by atoms with Crippen LogP contribution in [-0.2, 0) is 0 Å². The van der Waals surface area contributed by atoms with Gasteiger partial charge in [0.1, 0.15) is 5.82 Å². The zero-order chi connectivity index (χ0) is 13.2. The third kappa shape index (κ3) is 2.73. The van der Waals surface area contributed by atoms with Gasteiger partial charge in [-0.2, -0.15) is 0 Å². The molecular weight excluding hydrogens is 254 g/mol. The highest BCUT2D eigenvalue weighted by Gasteiger charge is 2.26. The van der Waals surface area contributed by atoms with Gasteiger partial charge in [0.05, 0.1) is 0 Å². The smallest absolute Gasteiger partial charge is 0.161 e. The largest absolute Gasteiger partial charge is 0.373 e. The number of aromatic nitrogens is 2. The predicted molar refractivity (Wildman–Crippen MR) is 80.8 cm³/mol. The van der Waals surface area contributed by atoms with E-state index in [-0.39, 0.29) is 0 Å². The normalized spacial score (nSPS) is 14.4. The maximum Gasteiger partial charge on any atom is 0.161 e. The summed E-state index contributed by atoms with van der Waals surface area (Å²) in [5, 5.41) is 3.13. The molecule has 0 bridgehead atoms. The van der Waals surface area contributed by atoms with E-state index in [1.807, 2.05) is 7.05 Å². The maximum absolute atomic E-state index is 4.71. The molecular formula is C15H17N3S. The van der Waals surface area contributed by atoms with Gasteiger partial charge in [0.25, 0.3) is 0 Å². The zero-order valence-corrected chi connectivity index (χ0v) is 12.0. The van der Waals surface area contributed by atoms with Crippen molar-refractivity contribution in [3.05, 3.63) is 36.0 Å². The number of thioether (sulfide) groups is 1. The number of nitrogens with one attached hydrogen (secondary N) is 1. The molecule has 0 amide bonds. The molecule has 98 valence electrons. The Hall–Kier alpha value is -1.55. The van der Waals surface area contributed by atoms with Crippen LogP contribution >= 0.6 is 11.8 Å². The van der Waals surface area contributed by atoms with Gasteiger partial charge in [-0.05, 0) is 31.2 Å². The second kappa shape index (κ2) is 5.21. The lowest BCUT2D eigenvalue weighted by Crippen LogP contribution is -2.00. The summed E-state index contributed by atoms with van der Waals surface area (Å²) in [4.78, 5) is 10.5. The van der Waals surface area contributed by atoms with Crippen LogP contribution in [0, 0.1) is 0 Å². The fraction of sp³-hybridized carbons (Fsp3) is 0.333. The summed E-state index contributed by atoms with van der Waals surface area (Å²) in [5.41, 5.74) is 2.25. The molecule has 19 heavy (non-hydrogen) atoms. The summed E-state index contributed by atoms with van der Waals surface area (Å²) < 4.78 is 0. The van der Waals surface area contributed by atoms with Gasteiger partial charge in [-0.1, -0.05) is 12.1 Å². The molecule has 0 saturated heterocycles.